The van der Waals surface area contributed by atoms with E-state index in [1.165, 1.54) is 12.3 Å². The summed E-state index contributed by atoms with van der Waals surface area (Å²) >= 11 is 6.23. The minimum atomic E-state index is -0.784. The number of nitrogens with one attached hydrogen (secondary N) is 1. The molecule has 2 aliphatic heterocycles. The van der Waals surface area contributed by atoms with Gasteiger partial charge in [0.15, 0.2) is 5.75 Å². The average molecular weight is 569 g/mol. The van der Waals surface area contributed by atoms with Crippen LogP contribution in [0.3, 0.4) is 0 Å². The van der Waals surface area contributed by atoms with E-state index in [2.05, 4.69) is 33.4 Å². The van der Waals surface area contributed by atoms with E-state index in [1.807, 2.05) is 0 Å². The third kappa shape index (κ3) is 5.50. The SMILES string of the molecule is C=CC(=O)N1CCN(c2nc(OC3CCN(C)CC3)nc3c(Oc4c(Cl)c(F)cc(N)c4C=N)nccc23)CC1. The summed E-state index contributed by atoms with van der Waals surface area (Å²) in [7, 11) is 2.07. The number of ether oxygens (including phenoxy) is 2. The number of benzene rings is 1. The summed E-state index contributed by atoms with van der Waals surface area (Å²) < 4.78 is 26.7. The van der Waals surface area contributed by atoms with Gasteiger partial charge in [-0.1, -0.05) is 18.2 Å². The van der Waals surface area contributed by atoms with E-state index in [1.54, 1.807) is 11.0 Å². The fraction of sp³-hybridized carbons (Fsp3) is 0.370. The molecule has 2 fully saturated rings. The second-order valence-electron chi connectivity index (χ2n) is 9.73. The van der Waals surface area contributed by atoms with E-state index in [4.69, 9.17) is 37.2 Å². The minimum absolute atomic E-state index is 0.000632. The predicted octanol–water partition coefficient (Wildman–Crippen LogP) is 3.50. The van der Waals surface area contributed by atoms with E-state index in [-0.39, 0.29) is 45.9 Å². The lowest BCUT2D eigenvalue weighted by molar-refractivity contribution is -0.126. The Hall–Kier alpha value is -4.03. The van der Waals surface area contributed by atoms with Gasteiger partial charge in [-0.05, 0) is 38.1 Å². The number of aromatic nitrogens is 3. The van der Waals surface area contributed by atoms with Crippen molar-refractivity contribution in [3.8, 4) is 17.6 Å². The van der Waals surface area contributed by atoms with E-state index >= 15 is 0 Å². The Balaban J connectivity index is 1.57. The zero-order valence-electron chi connectivity index (χ0n) is 22.1. The van der Waals surface area contributed by atoms with Crippen LogP contribution in [0.2, 0.25) is 5.02 Å². The number of nitrogens with zero attached hydrogens (tertiary/aromatic N) is 6. The molecule has 13 heteroatoms. The van der Waals surface area contributed by atoms with Crippen LogP contribution < -0.4 is 20.1 Å². The number of amides is 1. The fourth-order valence-electron chi connectivity index (χ4n) is 4.86. The largest absolute Gasteiger partial charge is 0.460 e. The summed E-state index contributed by atoms with van der Waals surface area (Å²) in [4.78, 5) is 31.9. The third-order valence-electron chi connectivity index (χ3n) is 7.13. The Kier molecular flexibility index (Phi) is 7.99. The molecule has 0 unspecified atom stereocenters. The van der Waals surface area contributed by atoms with Crippen molar-refractivity contribution in [3.05, 3.63) is 47.4 Å². The Morgan fingerprint density at radius 3 is 2.62 bits per heavy atom. The van der Waals surface area contributed by atoms with Crippen LogP contribution in [0.15, 0.2) is 31.0 Å². The van der Waals surface area contributed by atoms with E-state index in [0.29, 0.717) is 42.9 Å². The predicted molar refractivity (Wildman–Crippen MR) is 151 cm³/mol. The first kappa shape index (κ1) is 27.5. The molecular weight excluding hydrogens is 539 g/mol. The van der Waals surface area contributed by atoms with Crippen LogP contribution in [0.4, 0.5) is 15.9 Å². The van der Waals surface area contributed by atoms with Crippen molar-refractivity contribution < 1.29 is 18.7 Å². The number of piperazine rings is 1. The van der Waals surface area contributed by atoms with Gasteiger partial charge in [-0.15, -0.1) is 0 Å². The summed E-state index contributed by atoms with van der Waals surface area (Å²) in [5.74, 6) is -0.406. The number of likely N-dealkylation sites (tertiary alicyclic amines) is 1. The fourth-order valence-corrected chi connectivity index (χ4v) is 5.06. The van der Waals surface area contributed by atoms with Crippen molar-refractivity contribution in [2.45, 2.75) is 18.9 Å². The molecule has 0 bridgehead atoms. The van der Waals surface area contributed by atoms with Crippen molar-refractivity contribution in [2.75, 3.05) is 56.9 Å². The molecule has 2 aromatic heterocycles. The van der Waals surface area contributed by atoms with Crippen LogP contribution in [0.25, 0.3) is 10.9 Å². The number of halogens is 2. The molecular formula is C27H30ClFN8O3. The van der Waals surface area contributed by atoms with Crippen LogP contribution in [0, 0.1) is 11.2 Å². The maximum absolute atomic E-state index is 14.5. The number of hydrogen-bond donors (Lipinski definition) is 2. The lowest BCUT2D eigenvalue weighted by Gasteiger charge is -2.35. The number of nitrogens with two attached hydrogens (primary N) is 1. The van der Waals surface area contributed by atoms with Crippen molar-refractivity contribution in [1.29, 1.82) is 5.41 Å². The normalized spacial score (nSPS) is 16.7. The molecule has 0 aliphatic carbocycles. The maximum atomic E-state index is 14.5. The van der Waals surface area contributed by atoms with Gasteiger partial charge in [-0.3, -0.25) is 4.79 Å². The summed E-state index contributed by atoms with van der Waals surface area (Å²) in [5, 5.41) is 8.06. The number of rotatable bonds is 7. The Bertz CT molecular complexity index is 1460. The van der Waals surface area contributed by atoms with Crippen molar-refractivity contribution in [3.63, 3.8) is 0 Å². The van der Waals surface area contributed by atoms with E-state index in [9.17, 15) is 9.18 Å². The summed E-state index contributed by atoms with van der Waals surface area (Å²) in [6, 6.07) is 2.96. The van der Waals surface area contributed by atoms with Crippen LogP contribution in [-0.4, -0.2) is 89.3 Å². The molecule has 11 nitrogen and oxygen atoms in total. The van der Waals surface area contributed by atoms with Crippen LogP contribution in [0.5, 0.6) is 17.6 Å². The first-order valence-electron chi connectivity index (χ1n) is 12.9. The molecule has 0 atom stereocenters. The highest BCUT2D eigenvalue weighted by molar-refractivity contribution is 6.33. The molecule has 3 N–H and O–H groups in total. The highest BCUT2D eigenvalue weighted by atomic mass is 35.5. The van der Waals surface area contributed by atoms with Crippen molar-refractivity contribution in [2.24, 2.45) is 0 Å². The number of carbonyl (C=O) groups is 1. The van der Waals surface area contributed by atoms with Gasteiger partial charge < -0.3 is 35.3 Å². The highest BCUT2D eigenvalue weighted by Crippen LogP contribution is 2.40. The minimum Gasteiger partial charge on any atom is -0.460 e. The van der Waals surface area contributed by atoms with Gasteiger partial charge in [0, 0.05) is 57.4 Å². The van der Waals surface area contributed by atoms with Gasteiger partial charge in [-0.2, -0.15) is 9.97 Å². The van der Waals surface area contributed by atoms with Gasteiger partial charge in [0.25, 0.3) is 0 Å². The van der Waals surface area contributed by atoms with E-state index in [0.717, 1.165) is 38.2 Å². The van der Waals surface area contributed by atoms with Gasteiger partial charge in [0.2, 0.25) is 11.8 Å². The first-order valence-corrected chi connectivity index (χ1v) is 13.3. The monoisotopic (exact) mass is 568 g/mol. The molecule has 2 saturated heterocycles. The van der Waals surface area contributed by atoms with E-state index < -0.39 is 5.82 Å². The Labute approximate surface area is 235 Å². The standard InChI is InChI=1S/C27H30ClFN8O3/c1-3-21(38)36-10-12-37(13-11-36)25-17-4-7-32-26(40-24-18(15-30)20(31)14-19(29)22(24)28)23(17)33-27(34-25)39-16-5-8-35(2)9-6-16/h3-4,7,14-16,30H,1,5-6,8-13,31H2,2H3. The molecule has 210 valence electrons. The molecule has 3 aromatic rings. The van der Waals surface area contributed by atoms with Crippen molar-refractivity contribution in [1.82, 2.24) is 24.8 Å². The topological polar surface area (TPSA) is 134 Å². The number of piperidine rings is 1. The molecule has 0 radical (unpaired) electrons. The van der Waals surface area contributed by atoms with Gasteiger partial charge in [0.05, 0.1) is 10.9 Å². The molecule has 4 heterocycles. The molecule has 5 rings (SSSR count). The van der Waals surface area contributed by atoms with Gasteiger partial charge in [0.1, 0.15) is 28.3 Å². The van der Waals surface area contributed by atoms with Gasteiger partial charge >= 0.3 is 6.01 Å². The quantitative estimate of drug-likeness (QED) is 0.249. The lowest BCUT2D eigenvalue weighted by atomic mass is 10.1. The zero-order valence-corrected chi connectivity index (χ0v) is 22.8. The number of hydrogen-bond acceptors (Lipinski definition) is 10. The Morgan fingerprint density at radius 2 is 1.95 bits per heavy atom. The number of fused-ring (bicyclic) bond motifs is 1. The summed E-state index contributed by atoms with van der Waals surface area (Å²) in [5.41, 5.74) is 6.38. The van der Waals surface area contributed by atoms with Gasteiger partial charge in [-0.25, -0.2) is 9.37 Å². The molecule has 40 heavy (non-hydrogen) atoms. The lowest BCUT2D eigenvalue weighted by Crippen LogP contribution is -2.48. The first-order chi connectivity index (χ1) is 19.3. The molecule has 1 aromatic carbocycles. The third-order valence-corrected chi connectivity index (χ3v) is 7.49. The second-order valence-corrected chi connectivity index (χ2v) is 10.1. The number of carbonyl (C=O) groups excluding carboxylic acids is 1. The summed E-state index contributed by atoms with van der Waals surface area (Å²) in [6.45, 7) is 7.42. The van der Waals surface area contributed by atoms with Crippen LogP contribution in [-0.2, 0) is 4.79 Å². The van der Waals surface area contributed by atoms with Crippen LogP contribution in [0.1, 0.15) is 18.4 Å². The number of nitrogen functional groups attached to an aromatic ring is 1. The average Bonchev–Trinajstić information content (AvgIpc) is 2.96. The Morgan fingerprint density at radius 1 is 1.23 bits per heavy atom. The molecule has 1 amide bonds. The maximum Gasteiger partial charge on any atom is 0.319 e. The summed E-state index contributed by atoms with van der Waals surface area (Å²) in [6.07, 6.45) is 5.37. The second kappa shape index (κ2) is 11.6. The number of pyridine rings is 1. The van der Waals surface area contributed by atoms with Crippen LogP contribution >= 0.6 is 11.6 Å². The molecule has 0 saturated carbocycles. The molecule has 0 spiro atoms. The number of anilines is 2. The van der Waals surface area contributed by atoms with Crippen molar-refractivity contribution >= 4 is 46.1 Å². The smallest absolute Gasteiger partial charge is 0.319 e. The zero-order chi connectivity index (χ0) is 28.4. The molecule has 2 aliphatic rings. The highest BCUT2D eigenvalue weighted by Gasteiger charge is 2.27.